The fourth-order valence-corrected chi connectivity index (χ4v) is 2.59. The maximum absolute atomic E-state index is 11.5. The molecule has 1 aromatic carbocycles. The van der Waals surface area contributed by atoms with E-state index in [2.05, 4.69) is 17.6 Å². The second kappa shape index (κ2) is 4.19. The van der Waals surface area contributed by atoms with Crippen LogP contribution in [0, 0.1) is 5.92 Å². The van der Waals surface area contributed by atoms with Crippen molar-refractivity contribution in [3.05, 3.63) is 23.3 Å². The molecule has 1 saturated carbocycles. The maximum Gasteiger partial charge on any atom is 0.251 e. The number of carbonyl (C=O) groups excluding carboxylic acids is 1. The number of hydrogen-bond donors (Lipinski definition) is 3. The molecule has 0 bridgehead atoms. The highest BCUT2D eigenvalue weighted by Gasteiger charge is 2.24. The van der Waals surface area contributed by atoms with Crippen molar-refractivity contribution < 1.29 is 4.79 Å². The van der Waals surface area contributed by atoms with Gasteiger partial charge in [0.05, 0.1) is 11.4 Å². The number of amides is 1. The summed E-state index contributed by atoms with van der Waals surface area (Å²) in [6.45, 7) is 2.80. The average molecular weight is 245 g/mol. The van der Waals surface area contributed by atoms with E-state index >= 15 is 0 Å². The Morgan fingerprint density at radius 3 is 3.00 bits per heavy atom. The van der Waals surface area contributed by atoms with Crippen molar-refractivity contribution in [1.82, 2.24) is 5.32 Å². The van der Waals surface area contributed by atoms with E-state index in [1.807, 2.05) is 6.07 Å². The summed E-state index contributed by atoms with van der Waals surface area (Å²) in [5, 5.41) is 6.27. The molecule has 1 atom stereocenters. The molecule has 1 heterocycles. The van der Waals surface area contributed by atoms with E-state index in [1.54, 1.807) is 6.07 Å². The number of rotatable bonds is 4. The Labute approximate surface area is 107 Å². The van der Waals surface area contributed by atoms with E-state index in [0.29, 0.717) is 23.8 Å². The number of anilines is 2. The molecule has 1 aromatic rings. The SMILES string of the molecule is CC(CC1CC1)Nc1cc2c(cc1N)C(=O)NC2. The summed E-state index contributed by atoms with van der Waals surface area (Å²) in [4.78, 5) is 11.5. The van der Waals surface area contributed by atoms with E-state index in [-0.39, 0.29) is 5.91 Å². The fraction of sp³-hybridized carbons (Fsp3) is 0.500. The first-order valence-corrected chi connectivity index (χ1v) is 6.60. The third-order valence-corrected chi connectivity index (χ3v) is 3.75. The zero-order chi connectivity index (χ0) is 12.7. The van der Waals surface area contributed by atoms with Crippen LogP contribution in [0.3, 0.4) is 0 Å². The molecule has 4 N–H and O–H groups in total. The lowest BCUT2D eigenvalue weighted by Crippen LogP contribution is -2.17. The van der Waals surface area contributed by atoms with Gasteiger partial charge in [0.1, 0.15) is 0 Å². The largest absolute Gasteiger partial charge is 0.397 e. The number of nitrogen functional groups attached to an aromatic ring is 1. The van der Waals surface area contributed by atoms with Crippen molar-refractivity contribution in [2.45, 2.75) is 38.8 Å². The minimum Gasteiger partial charge on any atom is -0.397 e. The Kier molecular flexibility index (Phi) is 2.65. The molecule has 1 aliphatic carbocycles. The van der Waals surface area contributed by atoms with Gasteiger partial charge in [-0.3, -0.25) is 4.79 Å². The first kappa shape index (κ1) is 11.4. The first-order valence-electron chi connectivity index (χ1n) is 6.60. The molecular formula is C14H19N3O. The molecule has 4 nitrogen and oxygen atoms in total. The minimum absolute atomic E-state index is 0.0192. The highest BCUT2D eigenvalue weighted by Crippen LogP contribution is 2.35. The number of nitrogens with two attached hydrogens (primary N) is 1. The van der Waals surface area contributed by atoms with Gasteiger partial charge in [0.15, 0.2) is 0 Å². The molecule has 0 spiro atoms. The van der Waals surface area contributed by atoms with Crippen LogP contribution in [0.1, 0.15) is 42.1 Å². The molecule has 4 heteroatoms. The van der Waals surface area contributed by atoms with Gasteiger partial charge in [0.25, 0.3) is 5.91 Å². The molecule has 1 unspecified atom stereocenters. The summed E-state index contributed by atoms with van der Waals surface area (Å²) in [6, 6.07) is 4.22. The van der Waals surface area contributed by atoms with Crippen LogP contribution in [0.2, 0.25) is 0 Å². The molecule has 0 radical (unpaired) electrons. The van der Waals surface area contributed by atoms with Gasteiger partial charge in [-0.1, -0.05) is 12.8 Å². The molecule has 1 amide bonds. The van der Waals surface area contributed by atoms with Gasteiger partial charge in [-0.25, -0.2) is 0 Å². The second-order valence-corrected chi connectivity index (χ2v) is 5.50. The van der Waals surface area contributed by atoms with E-state index < -0.39 is 0 Å². The highest BCUT2D eigenvalue weighted by atomic mass is 16.1. The zero-order valence-corrected chi connectivity index (χ0v) is 10.6. The first-order chi connectivity index (χ1) is 8.63. The van der Waals surface area contributed by atoms with Crippen molar-refractivity contribution in [1.29, 1.82) is 0 Å². The Balaban J connectivity index is 1.77. The second-order valence-electron chi connectivity index (χ2n) is 5.50. The number of benzene rings is 1. The van der Waals surface area contributed by atoms with E-state index in [9.17, 15) is 4.79 Å². The van der Waals surface area contributed by atoms with E-state index in [1.165, 1.54) is 19.3 Å². The maximum atomic E-state index is 11.5. The molecule has 2 aliphatic rings. The molecular weight excluding hydrogens is 226 g/mol. The van der Waals surface area contributed by atoms with Crippen LogP contribution in [0.25, 0.3) is 0 Å². The van der Waals surface area contributed by atoms with Crippen LogP contribution in [0.15, 0.2) is 12.1 Å². The van der Waals surface area contributed by atoms with Crippen molar-refractivity contribution >= 4 is 17.3 Å². The van der Waals surface area contributed by atoms with Gasteiger partial charge < -0.3 is 16.4 Å². The lowest BCUT2D eigenvalue weighted by molar-refractivity contribution is 0.0966. The molecule has 18 heavy (non-hydrogen) atoms. The van der Waals surface area contributed by atoms with Gasteiger partial charge in [-0.15, -0.1) is 0 Å². The van der Waals surface area contributed by atoms with Crippen molar-refractivity contribution in [2.75, 3.05) is 11.1 Å². The summed E-state index contributed by atoms with van der Waals surface area (Å²) in [5.74, 6) is 0.876. The number of fused-ring (bicyclic) bond motifs is 1. The Morgan fingerprint density at radius 1 is 1.50 bits per heavy atom. The quantitative estimate of drug-likeness (QED) is 0.712. The van der Waals surface area contributed by atoms with Gasteiger partial charge in [0, 0.05) is 18.2 Å². The van der Waals surface area contributed by atoms with Gasteiger partial charge in [-0.2, -0.15) is 0 Å². The summed E-state index contributed by atoms with van der Waals surface area (Å²) < 4.78 is 0. The summed E-state index contributed by atoms with van der Waals surface area (Å²) in [7, 11) is 0. The average Bonchev–Trinajstić information content (AvgIpc) is 3.06. The zero-order valence-electron chi connectivity index (χ0n) is 10.6. The van der Waals surface area contributed by atoms with Crippen LogP contribution >= 0.6 is 0 Å². The Bertz CT molecular complexity index is 494. The van der Waals surface area contributed by atoms with E-state index in [4.69, 9.17) is 5.73 Å². The molecule has 1 fully saturated rings. The van der Waals surface area contributed by atoms with Crippen LogP contribution in [-0.4, -0.2) is 11.9 Å². The smallest absolute Gasteiger partial charge is 0.251 e. The summed E-state index contributed by atoms with van der Waals surface area (Å²) in [6.07, 6.45) is 3.93. The topological polar surface area (TPSA) is 67.1 Å². The minimum atomic E-state index is -0.0192. The van der Waals surface area contributed by atoms with Crippen LogP contribution in [-0.2, 0) is 6.54 Å². The third-order valence-electron chi connectivity index (χ3n) is 3.75. The lowest BCUT2D eigenvalue weighted by Gasteiger charge is -2.17. The molecule has 96 valence electrons. The van der Waals surface area contributed by atoms with Gasteiger partial charge in [0.2, 0.25) is 0 Å². The predicted molar refractivity (Wildman–Crippen MR) is 72.5 cm³/mol. The van der Waals surface area contributed by atoms with Crippen molar-refractivity contribution in [3.8, 4) is 0 Å². The molecule has 0 saturated heterocycles. The monoisotopic (exact) mass is 245 g/mol. The number of hydrogen-bond acceptors (Lipinski definition) is 3. The number of carbonyl (C=O) groups is 1. The van der Waals surface area contributed by atoms with Crippen LogP contribution in [0.5, 0.6) is 0 Å². The third kappa shape index (κ3) is 2.15. The van der Waals surface area contributed by atoms with Crippen molar-refractivity contribution in [2.24, 2.45) is 5.92 Å². The van der Waals surface area contributed by atoms with E-state index in [0.717, 1.165) is 17.2 Å². The lowest BCUT2D eigenvalue weighted by atomic mass is 10.1. The highest BCUT2D eigenvalue weighted by molar-refractivity contribution is 6.00. The number of nitrogens with one attached hydrogen (secondary N) is 2. The normalized spacial score (nSPS) is 19.3. The van der Waals surface area contributed by atoms with Gasteiger partial charge >= 0.3 is 0 Å². The molecule has 1 aliphatic heterocycles. The Morgan fingerprint density at radius 2 is 2.28 bits per heavy atom. The van der Waals surface area contributed by atoms with Gasteiger partial charge in [-0.05, 0) is 37.0 Å². The van der Waals surface area contributed by atoms with Crippen molar-refractivity contribution in [3.63, 3.8) is 0 Å². The fourth-order valence-electron chi connectivity index (χ4n) is 2.59. The summed E-state index contributed by atoms with van der Waals surface area (Å²) >= 11 is 0. The molecule has 3 rings (SSSR count). The predicted octanol–water partition coefficient (Wildman–Crippen LogP) is 2.11. The van der Waals surface area contributed by atoms with Crippen LogP contribution in [0.4, 0.5) is 11.4 Å². The Hall–Kier alpha value is -1.71. The molecule has 0 aromatic heterocycles. The van der Waals surface area contributed by atoms with Crippen LogP contribution < -0.4 is 16.4 Å². The standard InChI is InChI=1S/C14H19N3O/c1-8(4-9-2-3-9)17-13-5-10-7-16-14(18)11(10)6-12(13)15/h5-6,8-9,17H,2-4,7,15H2,1H3,(H,16,18). The summed E-state index contributed by atoms with van der Waals surface area (Å²) in [5.41, 5.74) is 9.38.